The SMILES string of the molecule is COc1cc2nc(N3CCC([N+]4(CS(=O)(=O)O)C(=O)C(C)C(C)C4=O)CC3)nc(N)c2cc1OC. The summed E-state index contributed by atoms with van der Waals surface area (Å²) in [5.74, 6) is -1.50. The highest BCUT2D eigenvalue weighted by Crippen LogP contribution is 2.40. The summed E-state index contributed by atoms with van der Waals surface area (Å²) in [5.41, 5.74) is 6.77. The molecule has 35 heavy (non-hydrogen) atoms. The van der Waals surface area contributed by atoms with Gasteiger partial charge in [0.25, 0.3) is 0 Å². The van der Waals surface area contributed by atoms with Crippen LogP contribution >= 0.6 is 0 Å². The van der Waals surface area contributed by atoms with Gasteiger partial charge in [-0.25, -0.2) is 14.6 Å². The summed E-state index contributed by atoms with van der Waals surface area (Å²) in [6.45, 7) is 3.99. The van der Waals surface area contributed by atoms with Crippen LogP contribution in [0.3, 0.4) is 0 Å². The summed E-state index contributed by atoms with van der Waals surface area (Å²) >= 11 is 0. The van der Waals surface area contributed by atoms with Crippen LogP contribution in [-0.2, 0) is 19.7 Å². The molecule has 0 spiro atoms. The monoisotopic (exact) mass is 508 g/mol. The van der Waals surface area contributed by atoms with E-state index >= 15 is 0 Å². The van der Waals surface area contributed by atoms with Crippen LogP contribution in [0.5, 0.6) is 11.5 Å². The lowest BCUT2D eigenvalue weighted by Crippen LogP contribution is -2.64. The summed E-state index contributed by atoms with van der Waals surface area (Å²) in [7, 11) is -1.54. The number of anilines is 2. The van der Waals surface area contributed by atoms with Gasteiger partial charge >= 0.3 is 21.9 Å². The number of quaternary nitrogens is 1. The molecule has 4 rings (SSSR count). The average molecular weight is 509 g/mol. The predicted molar refractivity (Wildman–Crippen MR) is 127 cm³/mol. The number of methoxy groups -OCH3 is 2. The molecule has 12 nitrogen and oxygen atoms in total. The van der Waals surface area contributed by atoms with Crippen LogP contribution in [0.25, 0.3) is 10.9 Å². The zero-order chi connectivity index (χ0) is 25.7. The summed E-state index contributed by atoms with van der Waals surface area (Å²) in [6, 6.07) is 2.83. The Labute approximate surface area is 203 Å². The fourth-order valence-electron chi connectivity index (χ4n) is 5.23. The number of fused-ring (bicyclic) bond motifs is 1. The third-order valence-electron chi connectivity index (χ3n) is 7.27. The molecule has 2 aliphatic heterocycles. The zero-order valence-electron chi connectivity index (χ0n) is 20.1. The van der Waals surface area contributed by atoms with Crippen molar-refractivity contribution in [3.8, 4) is 11.5 Å². The van der Waals surface area contributed by atoms with Crippen molar-refractivity contribution in [2.24, 2.45) is 11.8 Å². The second kappa shape index (κ2) is 8.88. The maximum absolute atomic E-state index is 13.2. The first-order chi connectivity index (χ1) is 16.4. The van der Waals surface area contributed by atoms with Gasteiger partial charge in [-0.05, 0) is 19.9 Å². The minimum atomic E-state index is -4.58. The number of ether oxygens (including phenoxy) is 2. The van der Waals surface area contributed by atoms with Crippen LogP contribution in [0.15, 0.2) is 12.1 Å². The van der Waals surface area contributed by atoms with E-state index in [2.05, 4.69) is 9.97 Å². The number of likely N-dealkylation sites (tertiary alicyclic amines) is 1. The van der Waals surface area contributed by atoms with E-state index in [9.17, 15) is 22.6 Å². The Morgan fingerprint density at radius 3 is 2.11 bits per heavy atom. The minimum absolute atomic E-state index is 0.260. The Balaban J connectivity index is 1.63. The molecule has 0 saturated carbocycles. The molecule has 2 saturated heterocycles. The summed E-state index contributed by atoms with van der Waals surface area (Å²) in [4.78, 5) is 37.3. The second-order valence-corrected chi connectivity index (χ2v) is 10.6. The zero-order valence-corrected chi connectivity index (χ0v) is 20.9. The number of aromatic nitrogens is 2. The van der Waals surface area contributed by atoms with Crippen LogP contribution in [0.1, 0.15) is 26.7 Å². The number of nitrogen functional groups attached to an aromatic ring is 1. The van der Waals surface area contributed by atoms with Crippen molar-refractivity contribution in [3.63, 3.8) is 0 Å². The number of nitrogens with zero attached hydrogens (tertiary/aromatic N) is 4. The van der Waals surface area contributed by atoms with Crippen molar-refractivity contribution < 1.29 is 36.5 Å². The third-order valence-corrected chi connectivity index (χ3v) is 8.01. The first-order valence-electron chi connectivity index (χ1n) is 11.3. The molecule has 1 aromatic heterocycles. The molecule has 0 radical (unpaired) electrons. The molecular formula is C22H30N5O7S+. The predicted octanol–water partition coefficient (Wildman–Crippen LogP) is 1.20. The number of piperidine rings is 1. The quantitative estimate of drug-likeness (QED) is 0.327. The van der Waals surface area contributed by atoms with Gasteiger partial charge < -0.3 is 20.1 Å². The molecule has 2 atom stereocenters. The summed E-state index contributed by atoms with van der Waals surface area (Å²) in [6.07, 6.45) is 0.666. The highest BCUT2D eigenvalue weighted by molar-refractivity contribution is 7.85. The van der Waals surface area contributed by atoms with Gasteiger partial charge in [0.2, 0.25) is 11.8 Å². The molecule has 1 aromatic carbocycles. The smallest absolute Gasteiger partial charge is 0.325 e. The topological polar surface area (TPSA) is 162 Å². The molecular weight excluding hydrogens is 478 g/mol. The van der Waals surface area contributed by atoms with Gasteiger partial charge in [0.15, 0.2) is 11.5 Å². The number of carbonyl (C=O) groups excluding carboxylic acids is 2. The van der Waals surface area contributed by atoms with E-state index in [0.717, 1.165) is 0 Å². The number of carbonyl (C=O) groups is 2. The molecule has 2 unspecified atom stereocenters. The lowest BCUT2D eigenvalue weighted by Gasteiger charge is -2.41. The van der Waals surface area contributed by atoms with Gasteiger partial charge in [-0.15, -0.1) is 0 Å². The second-order valence-electron chi connectivity index (χ2n) is 9.19. The molecule has 2 aromatic rings. The van der Waals surface area contributed by atoms with E-state index < -0.39 is 50.2 Å². The van der Waals surface area contributed by atoms with Gasteiger partial charge in [0.05, 0.1) is 31.6 Å². The number of nitrogens with two attached hydrogens (primary N) is 1. The first-order valence-corrected chi connectivity index (χ1v) is 12.9. The molecule has 13 heteroatoms. The summed E-state index contributed by atoms with van der Waals surface area (Å²) in [5, 5.41) is 0.607. The average Bonchev–Trinajstić information content (AvgIpc) is 2.98. The highest BCUT2D eigenvalue weighted by atomic mass is 32.2. The Morgan fingerprint density at radius 1 is 1.06 bits per heavy atom. The molecule has 3 heterocycles. The van der Waals surface area contributed by atoms with Crippen molar-refractivity contribution in [3.05, 3.63) is 12.1 Å². The number of imide groups is 1. The van der Waals surface area contributed by atoms with Crippen LogP contribution < -0.4 is 20.1 Å². The minimum Gasteiger partial charge on any atom is -0.493 e. The number of benzene rings is 1. The Bertz CT molecular complexity index is 1270. The Kier molecular flexibility index (Phi) is 6.36. The van der Waals surface area contributed by atoms with Gasteiger partial charge in [0.1, 0.15) is 11.9 Å². The maximum atomic E-state index is 13.2. The largest absolute Gasteiger partial charge is 0.493 e. The molecule has 0 aliphatic carbocycles. The van der Waals surface area contributed by atoms with Crippen LogP contribution in [-0.4, -0.2) is 78.5 Å². The van der Waals surface area contributed by atoms with Crippen LogP contribution in [0, 0.1) is 11.8 Å². The summed E-state index contributed by atoms with van der Waals surface area (Å²) < 4.78 is 43.1. The molecule has 2 amide bonds. The highest BCUT2D eigenvalue weighted by Gasteiger charge is 2.63. The van der Waals surface area contributed by atoms with Gasteiger partial charge in [-0.2, -0.15) is 17.9 Å². The van der Waals surface area contributed by atoms with E-state index in [1.54, 1.807) is 26.0 Å². The lowest BCUT2D eigenvalue weighted by atomic mass is 10.00. The molecule has 2 aliphatic rings. The van der Waals surface area contributed by atoms with E-state index in [-0.39, 0.29) is 5.82 Å². The van der Waals surface area contributed by atoms with Crippen LogP contribution in [0.2, 0.25) is 0 Å². The standard InChI is InChI=1S/C22H29N5O7S/c1-12-13(2)21(29)27(20(12)28,11-35(30,31)32)14-5-7-26(8-6-14)22-24-16-10-18(34-4)17(33-3)9-15(16)19(23)25-22/h9-10,12-14H,5-8,11H2,1-4H3,(H2-,23,24,25,30,31,32)/p+1. The lowest BCUT2D eigenvalue weighted by molar-refractivity contribution is -0.791. The van der Waals surface area contributed by atoms with E-state index in [4.69, 9.17) is 15.2 Å². The first kappa shape index (κ1) is 25.1. The maximum Gasteiger partial charge on any atom is 0.325 e. The molecule has 0 bridgehead atoms. The van der Waals surface area contributed by atoms with Crippen molar-refractivity contribution in [2.45, 2.75) is 32.7 Å². The molecule has 190 valence electrons. The van der Waals surface area contributed by atoms with Crippen molar-refractivity contribution >= 4 is 44.6 Å². The normalized spacial score (nSPS) is 25.9. The van der Waals surface area contributed by atoms with Crippen molar-refractivity contribution in [1.82, 2.24) is 9.97 Å². The van der Waals surface area contributed by atoms with Crippen LogP contribution in [0.4, 0.5) is 11.8 Å². The third kappa shape index (κ3) is 4.17. The fourth-order valence-corrected chi connectivity index (χ4v) is 6.21. The Hall–Kier alpha value is -3.03. The van der Waals surface area contributed by atoms with Gasteiger partial charge in [0, 0.05) is 37.4 Å². The Morgan fingerprint density at radius 2 is 1.60 bits per heavy atom. The van der Waals surface area contributed by atoms with Crippen molar-refractivity contribution in [2.75, 3.05) is 43.8 Å². The number of hydrogen-bond acceptors (Lipinski definition) is 10. The van der Waals surface area contributed by atoms with E-state index in [0.29, 0.717) is 54.3 Å². The van der Waals surface area contributed by atoms with Crippen molar-refractivity contribution in [1.29, 1.82) is 0 Å². The van der Waals surface area contributed by atoms with Gasteiger partial charge in [-0.1, -0.05) is 0 Å². The van der Waals surface area contributed by atoms with E-state index in [1.165, 1.54) is 14.2 Å². The number of rotatable bonds is 6. The van der Waals surface area contributed by atoms with E-state index in [1.807, 2.05) is 4.90 Å². The molecule has 3 N–H and O–H groups in total. The number of hydrogen-bond donors (Lipinski definition) is 2. The van der Waals surface area contributed by atoms with Gasteiger partial charge in [-0.3, -0.25) is 4.55 Å². The molecule has 2 fully saturated rings. The fraction of sp³-hybridized carbons (Fsp3) is 0.545. The number of amides is 2.